The molecule has 9 nitrogen and oxygen atoms in total. The van der Waals surface area contributed by atoms with Gasteiger partial charge in [-0.3, -0.25) is 14.5 Å². The maximum absolute atomic E-state index is 14.3. The average Bonchev–Trinajstić information content (AvgIpc) is 3.86. The van der Waals surface area contributed by atoms with Gasteiger partial charge in [-0.15, -0.1) is 0 Å². The number of anilines is 2. The number of piperidine rings is 1. The Morgan fingerprint density at radius 1 is 1.11 bits per heavy atom. The van der Waals surface area contributed by atoms with Gasteiger partial charge in [-0.05, 0) is 91.7 Å². The zero-order chi connectivity index (χ0) is 33.8. The summed E-state index contributed by atoms with van der Waals surface area (Å²) >= 11 is 0. The number of nitrogens with zero attached hydrogens (tertiary/aromatic N) is 4. The van der Waals surface area contributed by atoms with E-state index in [-0.39, 0.29) is 29.1 Å². The third-order valence-corrected chi connectivity index (χ3v) is 9.76. The van der Waals surface area contributed by atoms with Crippen LogP contribution in [0.15, 0.2) is 54.7 Å². The Morgan fingerprint density at radius 2 is 1.85 bits per heavy atom. The number of benzene rings is 1. The second-order valence-electron chi connectivity index (χ2n) is 14.5. The monoisotopic (exact) mass is 642 g/mol. The van der Waals surface area contributed by atoms with E-state index in [4.69, 9.17) is 14.5 Å². The Morgan fingerprint density at radius 3 is 2.47 bits per heavy atom. The molecule has 3 aromatic rings. The van der Waals surface area contributed by atoms with E-state index in [1.54, 1.807) is 18.2 Å². The molecule has 1 aromatic carbocycles. The number of carbonyl (C=O) groups is 2. The largest absolute Gasteiger partial charge is 0.497 e. The van der Waals surface area contributed by atoms with Crippen LogP contribution in [-0.2, 0) is 4.79 Å². The Bertz CT molecular complexity index is 1560. The van der Waals surface area contributed by atoms with E-state index in [9.17, 15) is 14.7 Å². The van der Waals surface area contributed by atoms with Crippen LogP contribution in [0.2, 0.25) is 0 Å². The number of carboxylic acid groups (broad SMARTS) is 1. The van der Waals surface area contributed by atoms with Crippen molar-refractivity contribution in [3.05, 3.63) is 71.5 Å². The average molecular weight is 643 g/mol. The number of ether oxygens (including phenoxy) is 2. The quantitative estimate of drug-likeness (QED) is 0.204. The molecule has 0 unspecified atom stereocenters. The van der Waals surface area contributed by atoms with E-state index >= 15 is 0 Å². The first-order chi connectivity index (χ1) is 22.4. The summed E-state index contributed by atoms with van der Waals surface area (Å²) < 4.78 is 11.8. The maximum Gasteiger partial charge on any atom is 0.303 e. The van der Waals surface area contributed by atoms with Crippen LogP contribution in [0.25, 0.3) is 0 Å². The number of amides is 1. The van der Waals surface area contributed by atoms with Gasteiger partial charge in [-0.25, -0.2) is 9.97 Å². The molecule has 252 valence electrons. The molecular weight excluding hydrogens is 592 g/mol. The van der Waals surface area contributed by atoms with Gasteiger partial charge in [-0.2, -0.15) is 0 Å². The Hall–Kier alpha value is -4.14. The van der Waals surface area contributed by atoms with Gasteiger partial charge in [0.05, 0.1) is 31.4 Å². The third kappa shape index (κ3) is 8.42. The van der Waals surface area contributed by atoms with Crippen LogP contribution in [0.5, 0.6) is 11.6 Å². The van der Waals surface area contributed by atoms with Crippen LogP contribution in [0.1, 0.15) is 93.8 Å². The highest BCUT2D eigenvalue weighted by atomic mass is 16.5. The zero-order valence-corrected chi connectivity index (χ0v) is 28.8. The minimum atomic E-state index is -0.768. The second kappa shape index (κ2) is 14.3. The highest BCUT2D eigenvalue weighted by molar-refractivity contribution is 6.09. The first-order valence-corrected chi connectivity index (χ1v) is 16.9. The van der Waals surface area contributed by atoms with E-state index < -0.39 is 5.97 Å². The molecule has 0 bridgehead atoms. The van der Waals surface area contributed by atoms with Crippen molar-refractivity contribution >= 4 is 23.4 Å². The molecule has 1 amide bonds. The second-order valence-corrected chi connectivity index (χ2v) is 14.5. The van der Waals surface area contributed by atoms with Crippen molar-refractivity contribution in [2.45, 2.75) is 79.1 Å². The fourth-order valence-corrected chi connectivity index (χ4v) is 6.87. The van der Waals surface area contributed by atoms with Crippen molar-refractivity contribution in [1.29, 1.82) is 0 Å². The molecule has 5 rings (SSSR count). The van der Waals surface area contributed by atoms with Crippen molar-refractivity contribution in [3.8, 4) is 11.6 Å². The van der Waals surface area contributed by atoms with Crippen LogP contribution >= 0.6 is 0 Å². The molecular formula is C38H50N4O5. The van der Waals surface area contributed by atoms with Gasteiger partial charge in [-0.1, -0.05) is 33.8 Å². The van der Waals surface area contributed by atoms with Crippen LogP contribution in [0.4, 0.5) is 11.5 Å². The fraction of sp³-hybridized carbons (Fsp3) is 0.526. The third-order valence-electron chi connectivity index (χ3n) is 9.76. The molecule has 1 saturated heterocycles. The van der Waals surface area contributed by atoms with Gasteiger partial charge < -0.3 is 19.5 Å². The summed E-state index contributed by atoms with van der Waals surface area (Å²) in [7, 11) is 1.65. The molecule has 2 aliphatic rings. The predicted molar refractivity (Wildman–Crippen MR) is 185 cm³/mol. The molecule has 0 spiro atoms. The molecule has 1 aliphatic carbocycles. The fourth-order valence-electron chi connectivity index (χ4n) is 6.87. The minimum absolute atomic E-state index is 0.0284. The van der Waals surface area contributed by atoms with E-state index in [0.717, 1.165) is 62.1 Å². The number of aromatic nitrogens is 2. The first kappa shape index (κ1) is 34.2. The molecule has 2 fully saturated rings. The summed E-state index contributed by atoms with van der Waals surface area (Å²) in [4.78, 5) is 39.2. The molecule has 47 heavy (non-hydrogen) atoms. The summed E-state index contributed by atoms with van der Waals surface area (Å²) in [6.07, 6.45) is 6.77. The van der Waals surface area contributed by atoms with E-state index in [1.807, 2.05) is 55.5 Å². The number of hydrogen-bond donors (Lipinski definition) is 1. The molecule has 2 aromatic heterocycles. The molecule has 1 saturated carbocycles. The van der Waals surface area contributed by atoms with E-state index in [1.165, 1.54) is 0 Å². The summed E-state index contributed by atoms with van der Waals surface area (Å²) in [5.41, 5.74) is 3.30. The lowest BCUT2D eigenvalue weighted by molar-refractivity contribution is -0.137. The van der Waals surface area contributed by atoms with Crippen molar-refractivity contribution in [3.63, 3.8) is 0 Å². The summed E-state index contributed by atoms with van der Waals surface area (Å²) in [6, 6.07) is 15.4. The lowest BCUT2D eigenvalue weighted by atomic mass is 9.79. The molecule has 1 N–H and O–H groups in total. The first-order valence-electron chi connectivity index (χ1n) is 16.9. The molecule has 3 heterocycles. The molecule has 1 aliphatic heterocycles. The Labute approximate surface area is 279 Å². The van der Waals surface area contributed by atoms with Crippen LogP contribution in [-0.4, -0.2) is 60.3 Å². The number of carbonyl (C=O) groups excluding carboxylic acids is 1. The smallest absolute Gasteiger partial charge is 0.303 e. The normalized spacial score (nSPS) is 16.8. The minimum Gasteiger partial charge on any atom is -0.497 e. The summed E-state index contributed by atoms with van der Waals surface area (Å²) in [6.45, 7) is 13.1. The van der Waals surface area contributed by atoms with Gasteiger partial charge >= 0.3 is 5.97 Å². The van der Waals surface area contributed by atoms with Gasteiger partial charge in [0.2, 0.25) is 5.88 Å². The standard InChI is InChI=1S/C38H50N4O5/c1-7-38(16-17-38)31(23-35(43)44)28-13-18-39-34(21-28)47-24-27-14-19-41(20-15-27)32-22-29(46-6)11-12-30(32)36(45)42(25-37(3,4)5)33-10-8-9-26(2)40-33/h8-13,18,21-22,27,31H,7,14-17,19-20,23-25H2,1-6H3,(H,43,44)/t31-/m1/s1. The SMILES string of the molecule is CCC1([C@H](CC(=O)O)c2ccnc(OCC3CCN(c4cc(OC)ccc4C(=O)N(CC(C)(C)C)c4cccc(C)n4)CC3)c2)CC1. The molecule has 9 heteroatoms. The zero-order valence-electron chi connectivity index (χ0n) is 28.8. The van der Waals surface area contributed by atoms with Crippen molar-refractivity contribution in [1.82, 2.24) is 9.97 Å². The van der Waals surface area contributed by atoms with Crippen molar-refractivity contribution < 1.29 is 24.2 Å². The highest BCUT2D eigenvalue weighted by Crippen LogP contribution is 2.59. The lowest BCUT2D eigenvalue weighted by Crippen LogP contribution is -2.41. The number of carboxylic acids is 1. The summed E-state index contributed by atoms with van der Waals surface area (Å²) in [5, 5.41) is 9.61. The predicted octanol–water partition coefficient (Wildman–Crippen LogP) is 7.53. The Balaban J connectivity index is 1.28. The van der Waals surface area contributed by atoms with Gasteiger partial charge in [0.1, 0.15) is 11.6 Å². The van der Waals surface area contributed by atoms with Crippen LogP contribution < -0.4 is 19.3 Å². The number of hydrogen-bond acceptors (Lipinski definition) is 7. The highest BCUT2D eigenvalue weighted by Gasteiger charge is 2.48. The maximum atomic E-state index is 14.3. The number of aliphatic carboxylic acids is 1. The van der Waals surface area contributed by atoms with Crippen LogP contribution in [0.3, 0.4) is 0 Å². The number of rotatable bonds is 13. The number of methoxy groups -OCH3 is 1. The van der Waals surface area contributed by atoms with Crippen LogP contribution in [0, 0.1) is 23.7 Å². The van der Waals surface area contributed by atoms with Gasteiger partial charge in [0.15, 0.2) is 0 Å². The van der Waals surface area contributed by atoms with Crippen molar-refractivity contribution in [2.75, 3.05) is 43.2 Å². The lowest BCUT2D eigenvalue weighted by Gasteiger charge is -2.36. The topological polar surface area (TPSA) is 105 Å². The number of aryl methyl sites for hydroxylation is 1. The van der Waals surface area contributed by atoms with Gasteiger partial charge in [0, 0.05) is 49.6 Å². The molecule has 0 radical (unpaired) electrons. The molecule has 1 atom stereocenters. The Kier molecular flexibility index (Phi) is 10.4. The number of pyridine rings is 2. The van der Waals surface area contributed by atoms with Crippen molar-refractivity contribution in [2.24, 2.45) is 16.7 Å². The van der Waals surface area contributed by atoms with Gasteiger partial charge in [0.25, 0.3) is 5.91 Å². The summed E-state index contributed by atoms with van der Waals surface area (Å²) in [5.74, 6) is 1.36. The van der Waals surface area contributed by atoms with E-state index in [0.29, 0.717) is 42.1 Å². The van der Waals surface area contributed by atoms with E-state index in [2.05, 4.69) is 37.6 Å².